The van der Waals surface area contributed by atoms with Crippen LogP contribution in [-0.2, 0) is 6.61 Å². The van der Waals surface area contributed by atoms with Gasteiger partial charge in [-0.05, 0) is 35.9 Å². The minimum Gasteiger partial charge on any atom is -0.508 e. The van der Waals surface area contributed by atoms with E-state index in [1.807, 2.05) is 36.4 Å². The van der Waals surface area contributed by atoms with E-state index in [1.165, 1.54) is 6.07 Å². The Morgan fingerprint density at radius 1 is 1.00 bits per heavy atom. The summed E-state index contributed by atoms with van der Waals surface area (Å²) in [6.45, 7) is 0.370. The Balaban J connectivity index is 1.79. The molecule has 4 nitrogen and oxygen atoms in total. The third-order valence-electron chi connectivity index (χ3n) is 3.53. The molecular formula is C20H16BrNO3. The van der Waals surface area contributed by atoms with E-state index in [2.05, 4.69) is 21.2 Å². The van der Waals surface area contributed by atoms with Gasteiger partial charge in [-0.25, -0.2) is 0 Å². The van der Waals surface area contributed by atoms with Crippen LogP contribution in [0, 0.1) is 0 Å². The first kappa shape index (κ1) is 17.0. The first-order chi connectivity index (χ1) is 12.1. The second kappa shape index (κ2) is 7.85. The van der Waals surface area contributed by atoms with E-state index in [0.717, 1.165) is 10.0 Å². The van der Waals surface area contributed by atoms with E-state index in [4.69, 9.17) is 4.74 Å². The fourth-order valence-electron chi connectivity index (χ4n) is 2.32. The first-order valence-corrected chi connectivity index (χ1v) is 8.48. The number of benzene rings is 3. The number of carbonyl (C=O) groups is 1. The lowest BCUT2D eigenvalue weighted by molar-refractivity contribution is 0.102. The highest BCUT2D eigenvalue weighted by atomic mass is 79.9. The molecule has 0 heterocycles. The van der Waals surface area contributed by atoms with Crippen LogP contribution in [0.2, 0.25) is 0 Å². The van der Waals surface area contributed by atoms with Crippen LogP contribution in [-0.4, -0.2) is 11.0 Å². The lowest BCUT2D eigenvalue weighted by atomic mass is 10.1. The third kappa shape index (κ3) is 4.61. The molecule has 0 aliphatic heterocycles. The van der Waals surface area contributed by atoms with E-state index >= 15 is 0 Å². The molecule has 0 spiro atoms. The first-order valence-electron chi connectivity index (χ1n) is 7.68. The number of ether oxygens (including phenoxy) is 1. The van der Waals surface area contributed by atoms with Crippen molar-refractivity contribution in [2.45, 2.75) is 6.61 Å². The zero-order chi connectivity index (χ0) is 17.6. The number of rotatable bonds is 5. The van der Waals surface area contributed by atoms with Gasteiger partial charge in [0.1, 0.15) is 18.1 Å². The molecular weight excluding hydrogens is 382 g/mol. The molecule has 3 rings (SSSR count). The number of hydrogen-bond donors (Lipinski definition) is 2. The number of amides is 1. The summed E-state index contributed by atoms with van der Waals surface area (Å²) in [6, 6.07) is 21.4. The van der Waals surface area contributed by atoms with E-state index in [-0.39, 0.29) is 11.7 Å². The maximum absolute atomic E-state index is 12.6. The standard InChI is InChI=1S/C20H16BrNO3/c21-15-9-10-19(25-13-14-5-2-1-3-6-14)18(11-15)20(24)22-16-7-4-8-17(23)12-16/h1-12,23H,13H2,(H,22,24). The van der Waals surface area contributed by atoms with Crippen molar-refractivity contribution in [3.8, 4) is 11.5 Å². The van der Waals surface area contributed by atoms with Gasteiger partial charge in [-0.15, -0.1) is 0 Å². The lowest BCUT2D eigenvalue weighted by Gasteiger charge is -2.12. The molecule has 0 saturated heterocycles. The quantitative estimate of drug-likeness (QED) is 0.637. The number of halogens is 1. The summed E-state index contributed by atoms with van der Waals surface area (Å²) in [7, 11) is 0. The molecule has 0 radical (unpaired) electrons. The summed E-state index contributed by atoms with van der Waals surface area (Å²) >= 11 is 3.38. The molecule has 0 fully saturated rings. The van der Waals surface area contributed by atoms with Crippen molar-refractivity contribution in [2.75, 3.05) is 5.32 Å². The molecule has 0 saturated carbocycles. The largest absolute Gasteiger partial charge is 0.508 e. The van der Waals surface area contributed by atoms with Crippen LogP contribution in [0.5, 0.6) is 11.5 Å². The van der Waals surface area contributed by atoms with Crippen molar-refractivity contribution in [3.05, 3.63) is 88.4 Å². The van der Waals surface area contributed by atoms with Gasteiger partial charge < -0.3 is 15.2 Å². The van der Waals surface area contributed by atoms with Gasteiger partial charge in [0.25, 0.3) is 5.91 Å². The number of nitrogens with one attached hydrogen (secondary N) is 1. The second-order valence-corrected chi connectivity index (χ2v) is 6.33. The molecule has 25 heavy (non-hydrogen) atoms. The Labute approximate surface area is 154 Å². The molecule has 2 N–H and O–H groups in total. The zero-order valence-electron chi connectivity index (χ0n) is 13.3. The number of phenolic OH excluding ortho intramolecular Hbond substituents is 1. The Morgan fingerprint density at radius 2 is 1.80 bits per heavy atom. The van der Waals surface area contributed by atoms with Crippen LogP contribution in [0.25, 0.3) is 0 Å². The van der Waals surface area contributed by atoms with Crippen LogP contribution < -0.4 is 10.1 Å². The van der Waals surface area contributed by atoms with Crippen molar-refractivity contribution in [3.63, 3.8) is 0 Å². The van der Waals surface area contributed by atoms with Crippen molar-refractivity contribution in [1.29, 1.82) is 0 Å². The zero-order valence-corrected chi connectivity index (χ0v) is 14.9. The molecule has 1 amide bonds. The molecule has 0 atom stereocenters. The van der Waals surface area contributed by atoms with Crippen molar-refractivity contribution >= 4 is 27.5 Å². The Bertz CT molecular complexity index is 881. The number of hydrogen-bond acceptors (Lipinski definition) is 3. The molecule has 0 unspecified atom stereocenters. The Hall–Kier alpha value is -2.79. The summed E-state index contributed by atoms with van der Waals surface area (Å²) in [5, 5.41) is 12.3. The molecule has 3 aromatic rings. The monoisotopic (exact) mass is 397 g/mol. The van der Waals surface area contributed by atoms with Crippen LogP contribution >= 0.6 is 15.9 Å². The molecule has 0 bridgehead atoms. The molecule has 0 aliphatic carbocycles. The van der Waals surface area contributed by atoms with Gasteiger partial charge in [-0.2, -0.15) is 0 Å². The maximum atomic E-state index is 12.6. The van der Waals surface area contributed by atoms with Gasteiger partial charge in [0.15, 0.2) is 0 Å². The van der Waals surface area contributed by atoms with Gasteiger partial charge in [0.05, 0.1) is 5.56 Å². The molecule has 0 aromatic heterocycles. The highest BCUT2D eigenvalue weighted by Gasteiger charge is 2.14. The molecule has 3 aromatic carbocycles. The van der Waals surface area contributed by atoms with Crippen molar-refractivity contribution in [2.24, 2.45) is 0 Å². The average molecular weight is 398 g/mol. The lowest BCUT2D eigenvalue weighted by Crippen LogP contribution is -2.13. The highest BCUT2D eigenvalue weighted by Crippen LogP contribution is 2.26. The van der Waals surface area contributed by atoms with Gasteiger partial charge >= 0.3 is 0 Å². The summed E-state index contributed by atoms with van der Waals surface area (Å²) in [5.41, 5.74) is 1.94. The van der Waals surface area contributed by atoms with Crippen LogP contribution in [0.3, 0.4) is 0 Å². The molecule has 5 heteroatoms. The Morgan fingerprint density at radius 3 is 2.56 bits per heavy atom. The van der Waals surface area contributed by atoms with Crippen LogP contribution in [0.15, 0.2) is 77.3 Å². The third-order valence-corrected chi connectivity index (χ3v) is 4.02. The van der Waals surface area contributed by atoms with Crippen molar-refractivity contribution in [1.82, 2.24) is 0 Å². The maximum Gasteiger partial charge on any atom is 0.259 e. The fraction of sp³-hybridized carbons (Fsp3) is 0.0500. The van der Waals surface area contributed by atoms with Crippen molar-refractivity contribution < 1.29 is 14.6 Å². The van der Waals surface area contributed by atoms with Gasteiger partial charge in [0, 0.05) is 16.2 Å². The van der Waals surface area contributed by atoms with Gasteiger partial charge in [-0.1, -0.05) is 52.3 Å². The summed E-state index contributed by atoms with van der Waals surface area (Å²) in [4.78, 5) is 12.6. The summed E-state index contributed by atoms with van der Waals surface area (Å²) in [6.07, 6.45) is 0. The topological polar surface area (TPSA) is 58.6 Å². The number of phenols is 1. The minimum absolute atomic E-state index is 0.0904. The normalized spacial score (nSPS) is 10.3. The summed E-state index contributed by atoms with van der Waals surface area (Å²) < 4.78 is 6.61. The van der Waals surface area contributed by atoms with E-state index < -0.39 is 0 Å². The highest BCUT2D eigenvalue weighted by molar-refractivity contribution is 9.10. The van der Waals surface area contributed by atoms with Gasteiger partial charge in [-0.3, -0.25) is 4.79 Å². The average Bonchev–Trinajstić information content (AvgIpc) is 2.61. The number of anilines is 1. The molecule has 126 valence electrons. The number of aromatic hydroxyl groups is 1. The fourth-order valence-corrected chi connectivity index (χ4v) is 2.68. The molecule has 0 aliphatic rings. The van der Waals surface area contributed by atoms with Crippen LogP contribution in [0.1, 0.15) is 15.9 Å². The SMILES string of the molecule is O=C(Nc1cccc(O)c1)c1cc(Br)ccc1OCc1ccccc1. The second-order valence-electron chi connectivity index (χ2n) is 5.42. The minimum atomic E-state index is -0.310. The Kier molecular flexibility index (Phi) is 5.36. The van der Waals surface area contributed by atoms with E-state index in [9.17, 15) is 9.90 Å². The van der Waals surface area contributed by atoms with Crippen LogP contribution in [0.4, 0.5) is 5.69 Å². The number of carbonyl (C=O) groups excluding carboxylic acids is 1. The van der Waals surface area contributed by atoms with E-state index in [1.54, 1.807) is 30.3 Å². The smallest absolute Gasteiger partial charge is 0.259 e. The van der Waals surface area contributed by atoms with E-state index in [0.29, 0.717) is 23.6 Å². The summed E-state index contributed by atoms with van der Waals surface area (Å²) in [5.74, 6) is 0.271. The predicted octanol–water partition coefficient (Wildman–Crippen LogP) is 4.99. The van der Waals surface area contributed by atoms with Gasteiger partial charge in [0.2, 0.25) is 0 Å². The predicted molar refractivity (Wildman–Crippen MR) is 101 cm³/mol.